The SMILES string of the molecule is CCC(C)C1CN(Cc2ncnn2C)CCN1. The van der Waals surface area contributed by atoms with Gasteiger partial charge >= 0.3 is 0 Å². The maximum atomic E-state index is 4.29. The van der Waals surface area contributed by atoms with Gasteiger partial charge in [0, 0.05) is 32.7 Å². The van der Waals surface area contributed by atoms with Crippen molar-refractivity contribution >= 4 is 0 Å². The van der Waals surface area contributed by atoms with E-state index in [2.05, 4.69) is 34.1 Å². The van der Waals surface area contributed by atoms with E-state index in [0.29, 0.717) is 6.04 Å². The van der Waals surface area contributed by atoms with Crippen LogP contribution in [-0.4, -0.2) is 45.3 Å². The molecule has 0 saturated carbocycles. The first-order chi connectivity index (χ1) is 8.20. The van der Waals surface area contributed by atoms with Crippen LogP contribution in [0, 0.1) is 5.92 Å². The fourth-order valence-electron chi connectivity index (χ4n) is 2.31. The van der Waals surface area contributed by atoms with Gasteiger partial charge in [-0.25, -0.2) is 4.98 Å². The summed E-state index contributed by atoms with van der Waals surface area (Å²) in [5.41, 5.74) is 0. The lowest BCUT2D eigenvalue weighted by molar-refractivity contribution is 0.157. The highest BCUT2D eigenvalue weighted by Gasteiger charge is 2.23. The second-order valence-electron chi connectivity index (χ2n) is 4.98. The van der Waals surface area contributed by atoms with Crippen molar-refractivity contribution < 1.29 is 0 Å². The molecule has 2 heterocycles. The fourth-order valence-corrected chi connectivity index (χ4v) is 2.31. The van der Waals surface area contributed by atoms with Gasteiger partial charge in [-0.15, -0.1) is 0 Å². The Bertz CT molecular complexity index is 348. The van der Waals surface area contributed by atoms with Crippen LogP contribution in [0.1, 0.15) is 26.1 Å². The molecule has 0 aromatic carbocycles. The summed E-state index contributed by atoms with van der Waals surface area (Å²) < 4.78 is 1.86. The van der Waals surface area contributed by atoms with Gasteiger partial charge < -0.3 is 5.32 Å². The van der Waals surface area contributed by atoms with E-state index in [0.717, 1.165) is 37.9 Å². The highest BCUT2D eigenvalue weighted by Crippen LogP contribution is 2.13. The van der Waals surface area contributed by atoms with Gasteiger partial charge in [-0.2, -0.15) is 5.10 Å². The summed E-state index contributed by atoms with van der Waals surface area (Å²) in [6.45, 7) is 8.77. The predicted molar refractivity (Wildman–Crippen MR) is 67.5 cm³/mol. The molecule has 1 aliphatic rings. The van der Waals surface area contributed by atoms with Crippen molar-refractivity contribution in [1.82, 2.24) is 25.0 Å². The van der Waals surface area contributed by atoms with Crippen LogP contribution in [0.5, 0.6) is 0 Å². The minimum atomic E-state index is 0.613. The summed E-state index contributed by atoms with van der Waals surface area (Å²) in [6.07, 6.45) is 2.86. The molecule has 0 aliphatic carbocycles. The number of piperazine rings is 1. The molecule has 17 heavy (non-hydrogen) atoms. The van der Waals surface area contributed by atoms with Crippen molar-refractivity contribution in [3.63, 3.8) is 0 Å². The molecular formula is C12H23N5. The van der Waals surface area contributed by atoms with Crippen molar-refractivity contribution in [1.29, 1.82) is 0 Å². The van der Waals surface area contributed by atoms with Gasteiger partial charge in [0.2, 0.25) is 0 Å². The normalized spacial score (nSPS) is 23.8. The monoisotopic (exact) mass is 237 g/mol. The average Bonchev–Trinajstić information content (AvgIpc) is 2.74. The summed E-state index contributed by atoms with van der Waals surface area (Å²) in [7, 11) is 1.96. The standard InChI is InChI=1S/C12H23N5/c1-4-10(2)11-7-17(6-5-13-11)8-12-14-9-15-16(12)3/h9-11,13H,4-8H2,1-3H3. The maximum absolute atomic E-state index is 4.29. The summed E-state index contributed by atoms with van der Waals surface area (Å²) >= 11 is 0. The zero-order valence-corrected chi connectivity index (χ0v) is 11.1. The van der Waals surface area contributed by atoms with Gasteiger partial charge in [0.15, 0.2) is 0 Å². The predicted octanol–water partition coefficient (Wildman–Crippen LogP) is 0.635. The van der Waals surface area contributed by atoms with E-state index < -0.39 is 0 Å². The minimum absolute atomic E-state index is 0.613. The largest absolute Gasteiger partial charge is 0.311 e. The fraction of sp³-hybridized carbons (Fsp3) is 0.833. The van der Waals surface area contributed by atoms with E-state index in [1.54, 1.807) is 6.33 Å². The van der Waals surface area contributed by atoms with E-state index in [4.69, 9.17) is 0 Å². The molecule has 2 rings (SSSR count). The van der Waals surface area contributed by atoms with Gasteiger partial charge in [0.1, 0.15) is 12.2 Å². The molecule has 1 saturated heterocycles. The number of aromatic nitrogens is 3. The van der Waals surface area contributed by atoms with Crippen molar-refractivity contribution in [2.45, 2.75) is 32.9 Å². The van der Waals surface area contributed by atoms with Crippen LogP contribution in [-0.2, 0) is 13.6 Å². The highest BCUT2D eigenvalue weighted by atomic mass is 15.3. The molecule has 1 fully saturated rings. The zero-order chi connectivity index (χ0) is 12.3. The second kappa shape index (κ2) is 5.60. The van der Waals surface area contributed by atoms with Crippen molar-refractivity contribution in [2.24, 2.45) is 13.0 Å². The lowest BCUT2D eigenvalue weighted by Gasteiger charge is -2.36. The molecule has 0 bridgehead atoms. The van der Waals surface area contributed by atoms with E-state index in [1.807, 2.05) is 11.7 Å². The third kappa shape index (κ3) is 3.04. The molecule has 0 radical (unpaired) electrons. The molecule has 2 unspecified atom stereocenters. The third-order valence-corrected chi connectivity index (χ3v) is 3.79. The number of hydrogen-bond acceptors (Lipinski definition) is 4. The van der Waals surface area contributed by atoms with Gasteiger partial charge in [-0.05, 0) is 5.92 Å². The number of hydrogen-bond donors (Lipinski definition) is 1. The maximum Gasteiger partial charge on any atom is 0.140 e. The van der Waals surface area contributed by atoms with Crippen LogP contribution in [0.25, 0.3) is 0 Å². The first-order valence-electron chi connectivity index (χ1n) is 6.49. The van der Waals surface area contributed by atoms with Crippen LogP contribution in [0.2, 0.25) is 0 Å². The summed E-state index contributed by atoms with van der Waals surface area (Å²) in [6, 6.07) is 0.613. The molecule has 1 N–H and O–H groups in total. The molecule has 1 aromatic rings. The number of rotatable bonds is 4. The Kier molecular flexibility index (Phi) is 4.12. The molecule has 96 valence electrons. The smallest absolute Gasteiger partial charge is 0.140 e. The lowest BCUT2D eigenvalue weighted by Crippen LogP contribution is -2.52. The summed E-state index contributed by atoms with van der Waals surface area (Å²) in [5.74, 6) is 1.78. The summed E-state index contributed by atoms with van der Waals surface area (Å²) in [4.78, 5) is 6.76. The van der Waals surface area contributed by atoms with E-state index >= 15 is 0 Å². The molecular weight excluding hydrogens is 214 g/mol. The Morgan fingerprint density at radius 3 is 3.06 bits per heavy atom. The number of aryl methyl sites for hydroxylation is 1. The molecule has 2 atom stereocenters. The first kappa shape index (κ1) is 12.5. The molecule has 5 nitrogen and oxygen atoms in total. The highest BCUT2D eigenvalue weighted by molar-refractivity contribution is 4.88. The molecule has 1 aromatic heterocycles. The van der Waals surface area contributed by atoms with Crippen LogP contribution in [0.4, 0.5) is 0 Å². The molecule has 0 spiro atoms. The Hall–Kier alpha value is -0.940. The minimum Gasteiger partial charge on any atom is -0.311 e. The van der Waals surface area contributed by atoms with Gasteiger partial charge in [-0.1, -0.05) is 20.3 Å². The Morgan fingerprint density at radius 2 is 2.41 bits per heavy atom. The molecule has 1 aliphatic heterocycles. The first-order valence-corrected chi connectivity index (χ1v) is 6.49. The van der Waals surface area contributed by atoms with Crippen LogP contribution >= 0.6 is 0 Å². The third-order valence-electron chi connectivity index (χ3n) is 3.79. The number of nitrogens with zero attached hydrogens (tertiary/aromatic N) is 4. The van der Waals surface area contributed by atoms with Crippen LogP contribution < -0.4 is 5.32 Å². The van der Waals surface area contributed by atoms with Crippen LogP contribution in [0.3, 0.4) is 0 Å². The Morgan fingerprint density at radius 1 is 1.59 bits per heavy atom. The van der Waals surface area contributed by atoms with E-state index in [-0.39, 0.29) is 0 Å². The molecule has 5 heteroatoms. The topological polar surface area (TPSA) is 46.0 Å². The van der Waals surface area contributed by atoms with E-state index in [9.17, 15) is 0 Å². The number of nitrogens with one attached hydrogen (secondary N) is 1. The van der Waals surface area contributed by atoms with Crippen molar-refractivity contribution in [2.75, 3.05) is 19.6 Å². The van der Waals surface area contributed by atoms with Gasteiger partial charge in [0.05, 0.1) is 6.54 Å². The Balaban J connectivity index is 1.91. The van der Waals surface area contributed by atoms with Gasteiger partial charge in [-0.3, -0.25) is 9.58 Å². The second-order valence-corrected chi connectivity index (χ2v) is 4.98. The summed E-state index contributed by atoms with van der Waals surface area (Å²) in [5, 5.41) is 7.73. The molecule has 0 amide bonds. The van der Waals surface area contributed by atoms with Gasteiger partial charge in [0.25, 0.3) is 0 Å². The van der Waals surface area contributed by atoms with Crippen LogP contribution in [0.15, 0.2) is 6.33 Å². The van der Waals surface area contributed by atoms with Crippen molar-refractivity contribution in [3.8, 4) is 0 Å². The zero-order valence-electron chi connectivity index (χ0n) is 11.1. The average molecular weight is 237 g/mol. The Labute approximate surface area is 103 Å². The lowest BCUT2D eigenvalue weighted by atomic mass is 9.97. The van der Waals surface area contributed by atoms with Crippen molar-refractivity contribution in [3.05, 3.63) is 12.2 Å². The van der Waals surface area contributed by atoms with E-state index in [1.165, 1.54) is 6.42 Å². The quantitative estimate of drug-likeness (QED) is 0.834.